The molecule has 1 unspecified atom stereocenters. The molecule has 0 amide bonds. The quantitative estimate of drug-likeness (QED) is 0.363. The highest BCUT2D eigenvalue weighted by molar-refractivity contribution is 6.30. The van der Waals surface area contributed by atoms with E-state index in [-0.39, 0.29) is 23.1 Å². The van der Waals surface area contributed by atoms with Gasteiger partial charge in [-0.2, -0.15) is 0 Å². The maximum Gasteiger partial charge on any atom is 0.312 e. The molecule has 2 rings (SSSR count). The van der Waals surface area contributed by atoms with Crippen LogP contribution in [0, 0.1) is 10.1 Å². The summed E-state index contributed by atoms with van der Waals surface area (Å²) in [6, 6.07) is 4.17. The van der Waals surface area contributed by atoms with Crippen LogP contribution in [0.2, 0.25) is 5.02 Å². The van der Waals surface area contributed by atoms with Crippen LogP contribution in [-0.4, -0.2) is 23.2 Å². The fourth-order valence-electron chi connectivity index (χ4n) is 1.10. The normalized spacial score (nSPS) is 22.9. The molecule has 1 heterocycles. The van der Waals surface area contributed by atoms with Gasteiger partial charge < -0.3 is 9.47 Å². The largest absolute Gasteiger partial charge is 0.482 e. The number of nitro benzene ring substituents is 1. The third kappa shape index (κ3) is 2.55. The van der Waals surface area contributed by atoms with Crippen molar-refractivity contribution in [3.63, 3.8) is 0 Å². The third-order valence-corrected chi connectivity index (χ3v) is 2.58. The highest BCUT2D eigenvalue weighted by Crippen LogP contribution is 2.35. The third-order valence-electron chi connectivity index (χ3n) is 2.02. The van der Waals surface area contributed by atoms with Gasteiger partial charge in [-0.15, -0.1) is 0 Å². The van der Waals surface area contributed by atoms with Crippen LogP contribution in [0.1, 0.15) is 0 Å². The van der Waals surface area contributed by atoms with Crippen molar-refractivity contribution in [1.29, 1.82) is 0 Å². The first kappa shape index (κ1) is 11.4. The molecule has 0 spiro atoms. The zero-order chi connectivity index (χ0) is 11.8. The first-order chi connectivity index (χ1) is 7.50. The topological polar surface area (TPSA) is 64.9 Å². The van der Waals surface area contributed by atoms with E-state index in [2.05, 4.69) is 0 Å². The Bertz CT molecular complexity index is 434. The van der Waals surface area contributed by atoms with Crippen molar-refractivity contribution in [3.8, 4) is 5.75 Å². The molecule has 0 bridgehead atoms. The van der Waals surface area contributed by atoms with E-state index < -0.39 is 9.98 Å². The van der Waals surface area contributed by atoms with Crippen LogP contribution in [0.4, 0.5) is 5.69 Å². The second-order valence-corrected chi connectivity index (χ2v) is 4.45. The molecule has 0 N–H and O–H groups in total. The van der Waals surface area contributed by atoms with Gasteiger partial charge in [-0.3, -0.25) is 10.1 Å². The van der Waals surface area contributed by atoms with E-state index in [0.29, 0.717) is 6.61 Å². The molecule has 0 saturated carbocycles. The molecule has 7 heteroatoms. The minimum Gasteiger partial charge on any atom is -0.482 e. The van der Waals surface area contributed by atoms with Gasteiger partial charge in [0.2, 0.25) is 0 Å². The van der Waals surface area contributed by atoms with Crippen LogP contribution in [-0.2, 0) is 4.74 Å². The highest BCUT2D eigenvalue weighted by Gasteiger charge is 2.44. The maximum absolute atomic E-state index is 10.7. The SMILES string of the molecule is O=[N+]([O-])c1cc(Cl)ccc1OCC1(Cl)CO1. The number of hydrogen-bond acceptors (Lipinski definition) is 4. The molecule has 1 aliphatic heterocycles. The van der Waals surface area contributed by atoms with E-state index in [4.69, 9.17) is 32.7 Å². The lowest BCUT2D eigenvalue weighted by atomic mass is 10.3. The van der Waals surface area contributed by atoms with Crippen molar-refractivity contribution in [2.45, 2.75) is 5.06 Å². The Labute approximate surface area is 101 Å². The van der Waals surface area contributed by atoms with E-state index in [1.165, 1.54) is 18.2 Å². The number of epoxide rings is 1. The van der Waals surface area contributed by atoms with Gasteiger partial charge in [-0.1, -0.05) is 23.2 Å². The number of benzene rings is 1. The predicted octanol–water partition coefficient (Wildman–Crippen LogP) is 2.59. The van der Waals surface area contributed by atoms with E-state index >= 15 is 0 Å². The standard InChI is InChI=1S/C9H7Cl2NO4/c10-6-1-2-8(7(3-6)12(13)14)15-4-9(11)5-16-9/h1-3H,4-5H2. The second-order valence-electron chi connectivity index (χ2n) is 3.33. The van der Waals surface area contributed by atoms with Gasteiger partial charge in [0.15, 0.2) is 10.8 Å². The summed E-state index contributed by atoms with van der Waals surface area (Å²) in [6.45, 7) is 0.451. The molecule has 1 aromatic rings. The maximum atomic E-state index is 10.7. The summed E-state index contributed by atoms with van der Waals surface area (Å²) in [6.07, 6.45) is 0. The smallest absolute Gasteiger partial charge is 0.312 e. The van der Waals surface area contributed by atoms with Gasteiger partial charge in [-0.25, -0.2) is 0 Å². The van der Waals surface area contributed by atoms with Gasteiger partial charge in [-0.05, 0) is 12.1 Å². The molecule has 1 aromatic carbocycles. The second kappa shape index (κ2) is 4.08. The van der Waals surface area contributed by atoms with Crippen LogP contribution in [0.25, 0.3) is 0 Å². The molecular weight excluding hydrogens is 257 g/mol. The molecule has 1 aliphatic rings. The lowest BCUT2D eigenvalue weighted by Crippen LogP contribution is -2.14. The molecule has 1 saturated heterocycles. The summed E-state index contributed by atoms with van der Waals surface area (Å²) in [5, 5.41) is 10.2. The lowest BCUT2D eigenvalue weighted by Gasteiger charge is -2.07. The van der Waals surface area contributed by atoms with E-state index in [1.807, 2.05) is 0 Å². The first-order valence-electron chi connectivity index (χ1n) is 4.40. The monoisotopic (exact) mass is 263 g/mol. The molecule has 86 valence electrons. The average Bonchev–Trinajstić information content (AvgIpc) is 2.95. The fraction of sp³-hybridized carbons (Fsp3) is 0.333. The van der Waals surface area contributed by atoms with Crippen molar-refractivity contribution in [1.82, 2.24) is 0 Å². The van der Waals surface area contributed by atoms with Gasteiger partial charge in [0, 0.05) is 11.1 Å². The Hall–Kier alpha value is -1.04. The Morgan fingerprint density at radius 2 is 2.31 bits per heavy atom. The molecule has 0 aromatic heterocycles. The van der Waals surface area contributed by atoms with Gasteiger partial charge in [0.25, 0.3) is 0 Å². The van der Waals surface area contributed by atoms with E-state index in [9.17, 15) is 10.1 Å². The van der Waals surface area contributed by atoms with Crippen LogP contribution in [0.5, 0.6) is 5.75 Å². The number of nitrogens with zero attached hydrogens (tertiary/aromatic N) is 1. The zero-order valence-electron chi connectivity index (χ0n) is 7.98. The minimum atomic E-state index is -0.826. The van der Waals surface area contributed by atoms with Crippen LogP contribution < -0.4 is 4.74 Å². The van der Waals surface area contributed by atoms with Gasteiger partial charge in [0.05, 0.1) is 11.5 Å². The minimum absolute atomic E-state index is 0.0665. The number of halogens is 2. The summed E-state index contributed by atoms with van der Waals surface area (Å²) in [5.41, 5.74) is -0.187. The van der Waals surface area contributed by atoms with Crippen molar-refractivity contribution in [3.05, 3.63) is 33.3 Å². The van der Waals surface area contributed by atoms with Crippen LogP contribution >= 0.6 is 23.2 Å². The summed E-state index contributed by atoms with van der Waals surface area (Å²) in [7, 11) is 0. The fourth-order valence-corrected chi connectivity index (χ4v) is 1.38. The number of rotatable bonds is 4. The van der Waals surface area contributed by atoms with Crippen LogP contribution in [0.3, 0.4) is 0 Å². The highest BCUT2D eigenvalue weighted by atomic mass is 35.5. The van der Waals surface area contributed by atoms with Crippen LogP contribution in [0.15, 0.2) is 18.2 Å². The molecule has 16 heavy (non-hydrogen) atoms. The van der Waals surface area contributed by atoms with Gasteiger partial charge >= 0.3 is 5.69 Å². The molecular formula is C9H7Cl2NO4. The molecule has 1 atom stereocenters. The first-order valence-corrected chi connectivity index (χ1v) is 5.15. The Balaban J connectivity index is 2.15. The Kier molecular flexibility index (Phi) is 2.92. The molecule has 0 radical (unpaired) electrons. The lowest BCUT2D eigenvalue weighted by molar-refractivity contribution is -0.385. The summed E-state index contributed by atoms with van der Waals surface area (Å²) in [5.74, 6) is 0.130. The molecule has 1 fully saturated rings. The molecule has 5 nitrogen and oxygen atoms in total. The zero-order valence-corrected chi connectivity index (χ0v) is 9.49. The number of alkyl halides is 1. The van der Waals surface area contributed by atoms with Crippen molar-refractivity contribution >= 4 is 28.9 Å². The summed E-state index contributed by atoms with van der Waals surface area (Å²) < 4.78 is 10.1. The van der Waals surface area contributed by atoms with Crippen molar-refractivity contribution < 1.29 is 14.4 Å². The van der Waals surface area contributed by atoms with Crippen molar-refractivity contribution in [2.75, 3.05) is 13.2 Å². The Morgan fingerprint density at radius 3 is 2.88 bits per heavy atom. The molecule has 0 aliphatic carbocycles. The van der Waals surface area contributed by atoms with Crippen molar-refractivity contribution in [2.24, 2.45) is 0 Å². The van der Waals surface area contributed by atoms with E-state index in [1.54, 1.807) is 0 Å². The predicted molar refractivity (Wildman–Crippen MR) is 58.1 cm³/mol. The van der Waals surface area contributed by atoms with E-state index in [0.717, 1.165) is 0 Å². The number of hydrogen-bond donors (Lipinski definition) is 0. The summed E-state index contributed by atoms with van der Waals surface area (Å²) >= 11 is 11.5. The number of nitro groups is 1. The summed E-state index contributed by atoms with van der Waals surface area (Å²) in [4.78, 5) is 10.2. The van der Waals surface area contributed by atoms with Gasteiger partial charge in [0.1, 0.15) is 6.61 Å². The average molecular weight is 264 g/mol. The Morgan fingerprint density at radius 1 is 1.62 bits per heavy atom. The number of ether oxygens (including phenoxy) is 2.